The van der Waals surface area contributed by atoms with Gasteiger partial charge >= 0.3 is 0 Å². The summed E-state index contributed by atoms with van der Waals surface area (Å²) in [4.78, 5) is 4.34. The Morgan fingerprint density at radius 1 is 1.37 bits per heavy atom. The fourth-order valence-electron chi connectivity index (χ4n) is 2.33. The molecule has 1 N–H and O–H groups in total. The number of aryl methyl sites for hydroxylation is 3. The molecule has 0 aromatic carbocycles. The van der Waals surface area contributed by atoms with E-state index in [4.69, 9.17) is 11.6 Å². The van der Waals surface area contributed by atoms with Gasteiger partial charge in [-0.25, -0.2) is 0 Å². The number of rotatable bonds is 4. The summed E-state index contributed by atoms with van der Waals surface area (Å²) in [6.45, 7) is 3.95. The first kappa shape index (κ1) is 14.0. The summed E-state index contributed by atoms with van der Waals surface area (Å²) in [5.41, 5.74) is 4.15. The van der Waals surface area contributed by atoms with Gasteiger partial charge in [0.05, 0.1) is 16.4 Å². The molecule has 0 saturated carbocycles. The number of nitrogens with zero attached hydrogens (tertiary/aromatic N) is 3. The molecule has 2 heterocycles. The highest BCUT2D eigenvalue weighted by Gasteiger charge is 2.18. The van der Waals surface area contributed by atoms with E-state index in [1.54, 1.807) is 0 Å². The van der Waals surface area contributed by atoms with Crippen LogP contribution in [0.2, 0.25) is 5.02 Å². The third-order valence-electron chi connectivity index (χ3n) is 3.43. The van der Waals surface area contributed by atoms with E-state index in [2.05, 4.69) is 21.5 Å². The second-order valence-corrected chi connectivity index (χ2v) is 5.07. The molecule has 5 heteroatoms. The minimum absolute atomic E-state index is 0.181. The maximum absolute atomic E-state index is 6.32. The second kappa shape index (κ2) is 5.72. The van der Waals surface area contributed by atoms with Crippen molar-refractivity contribution in [3.05, 3.63) is 46.0 Å². The summed E-state index contributed by atoms with van der Waals surface area (Å²) < 4.78 is 1.85. The van der Waals surface area contributed by atoms with Gasteiger partial charge in [0.15, 0.2) is 0 Å². The molecule has 2 aromatic rings. The number of likely N-dealkylation sites (N-methyl/N-ethyl adjacent to an activating group) is 1. The highest BCUT2D eigenvalue weighted by molar-refractivity contribution is 6.31. The molecule has 0 bridgehead atoms. The molecular weight excluding hydrogens is 260 g/mol. The van der Waals surface area contributed by atoms with Crippen molar-refractivity contribution in [3.63, 3.8) is 0 Å². The van der Waals surface area contributed by atoms with E-state index in [0.717, 1.165) is 28.5 Å². The summed E-state index contributed by atoms with van der Waals surface area (Å²) in [6, 6.07) is 4.24. The molecular formula is C14H19ClN4. The van der Waals surface area contributed by atoms with Crippen molar-refractivity contribution in [2.24, 2.45) is 7.05 Å². The zero-order chi connectivity index (χ0) is 14.0. The Kier molecular flexibility index (Phi) is 4.22. The maximum atomic E-state index is 6.32. The largest absolute Gasteiger partial charge is 0.313 e. The SMILES string of the molecule is CNC(Cc1c(Cl)c(C)nn1C)c1cccnc1C. The van der Waals surface area contributed by atoms with Crippen molar-refractivity contribution >= 4 is 11.6 Å². The Morgan fingerprint density at radius 2 is 2.11 bits per heavy atom. The van der Waals surface area contributed by atoms with Gasteiger partial charge in [0.1, 0.15) is 0 Å². The number of hydrogen-bond donors (Lipinski definition) is 1. The van der Waals surface area contributed by atoms with Crippen LogP contribution in [0.4, 0.5) is 0 Å². The van der Waals surface area contributed by atoms with Gasteiger partial charge in [0.25, 0.3) is 0 Å². The summed E-state index contributed by atoms with van der Waals surface area (Å²) in [6.07, 6.45) is 2.60. The summed E-state index contributed by atoms with van der Waals surface area (Å²) in [5, 5.41) is 8.44. The van der Waals surface area contributed by atoms with Gasteiger partial charge in [0, 0.05) is 31.4 Å². The lowest BCUT2D eigenvalue weighted by Gasteiger charge is -2.18. The second-order valence-electron chi connectivity index (χ2n) is 4.69. The first-order valence-corrected chi connectivity index (χ1v) is 6.69. The standard InChI is InChI=1S/C14H19ClN4/c1-9-11(6-5-7-17-9)12(16-3)8-13-14(15)10(2)18-19(13)4/h5-7,12,16H,8H2,1-4H3. The van der Waals surface area contributed by atoms with Crippen molar-refractivity contribution in [3.8, 4) is 0 Å². The lowest BCUT2D eigenvalue weighted by Crippen LogP contribution is -2.21. The predicted octanol–water partition coefficient (Wildman–Crippen LogP) is 2.59. The van der Waals surface area contributed by atoms with Gasteiger partial charge < -0.3 is 5.32 Å². The molecule has 1 unspecified atom stereocenters. The molecule has 0 fully saturated rings. The molecule has 0 amide bonds. The minimum atomic E-state index is 0.181. The highest BCUT2D eigenvalue weighted by Crippen LogP contribution is 2.26. The average Bonchev–Trinajstić information content (AvgIpc) is 2.63. The van der Waals surface area contributed by atoms with Gasteiger partial charge in [-0.2, -0.15) is 5.10 Å². The lowest BCUT2D eigenvalue weighted by molar-refractivity contribution is 0.557. The predicted molar refractivity (Wildman–Crippen MR) is 77.4 cm³/mol. The van der Waals surface area contributed by atoms with E-state index < -0.39 is 0 Å². The van der Waals surface area contributed by atoms with Crippen LogP contribution in [0.1, 0.15) is 28.7 Å². The van der Waals surface area contributed by atoms with Crippen molar-refractivity contribution < 1.29 is 0 Å². The molecule has 0 aliphatic carbocycles. The summed E-state index contributed by atoms with van der Waals surface area (Å²) >= 11 is 6.32. The van der Waals surface area contributed by atoms with Gasteiger partial charge in [-0.15, -0.1) is 0 Å². The molecule has 19 heavy (non-hydrogen) atoms. The van der Waals surface area contributed by atoms with Crippen LogP contribution in [0.5, 0.6) is 0 Å². The summed E-state index contributed by atoms with van der Waals surface area (Å²) in [5.74, 6) is 0. The van der Waals surface area contributed by atoms with Crippen LogP contribution >= 0.6 is 11.6 Å². The van der Waals surface area contributed by atoms with E-state index >= 15 is 0 Å². The number of halogens is 1. The molecule has 4 nitrogen and oxygen atoms in total. The Labute approximate surface area is 118 Å². The van der Waals surface area contributed by atoms with Gasteiger partial charge in [-0.05, 0) is 32.5 Å². The highest BCUT2D eigenvalue weighted by atomic mass is 35.5. The lowest BCUT2D eigenvalue weighted by atomic mass is 10.0. The number of hydrogen-bond acceptors (Lipinski definition) is 3. The van der Waals surface area contributed by atoms with Crippen molar-refractivity contribution in [2.75, 3.05) is 7.05 Å². The van der Waals surface area contributed by atoms with Crippen LogP contribution < -0.4 is 5.32 Å². The third-order valence-corrected chi connectivity index (χ3v) is 3.92. The van der Waals surface area contributed by atoms with Crippen molar-refractivity contribution in [1.82, 2.24) is 20.1 Å². The molecule has 0 radical (unpaired) electrons. The maximum Gasteiger partial charge on any atom is 0.0847 e. The first-order valence-electron chi connectivity index (χ1n) is 6.31. The summed E-state index contributed by atoms with van der Waals surface area (Å²) in [7, 11) is 3.88. The zero-order valence-electron chi connectivity index (χ0n) is 11.7. The fourth-order valence-corrected chi connectivity index (χ4v) is 2.56. The van der Waals surface area contributed by atoms with Crippen molar-refractivity contribution in [2.45, 2.75) is 26.3 Å². The van der Waals surface area contributed by atoms with Gasteiger partial charge in [-0.1, -0.05) is 17.7 Å². The van der Waals surface area contributed by atoms with Crippen LogP contribution in [-0.2, 0) is 13.5 Å². The number of nitrogens with one attached hydrogen (secondary N) is 1. The fraction of sp³-hybridized carbons (Fsp3) is 0.429. The molecule has 102 valence electrons. The monoisotopic (exact) mass is 278 g/mol. The van der Waals surface area contributed by atoms with Crippen LogP contribution in [0, 0.1) is 13.8 Å². The molecule has 0 saturated heterocycles. The third kappa shape index (κ3) is 2.80. The van der Waals surface area contributed by atoms with Gasteiger partial charge in [0.2, 0.25) is 0 Å². The molecule has 1 atom stereocenters. The molecule has 2 aromatic heterocycles. The topological polar surface area (TPSA) is 42.7 Å². The van der Waals surface area contributed by atoms with Crippen LogP contribution in [-0.4, -0.2) is 21.8 Å². The molecule has 2 rings (SSSR count). The Hall–Kier alpha value is -1.39. The number of aromatic nitrogens is 3. The van der Waals surface area contributed by atoms with E-state index in [1.165, 1.54) is 5.56 Å². The van der Waals surface area contributed by atoms with E-state index in [0.29, 0.717) is 0 Å². The minimum Gasteiger partial charge on any atom is -0.313 e. The Morgan fingerprint density at radius 3 is 2.63 bits per heavy atom. The van der Waals surface area contributed by atoms with E-state index in [9.17, 15) is 0 Å². The first-order chi connectivity index (χ1) is 9.04. The molecule has 0 aliphatic rings. The number of pyridine rings is 1. The molecule has 0 aliphatic heterocycles. The van der Waals surface area contributed by atoms with Crippen LogP contribution in [0.15, 0.2) is 18.3 Å². The Bertz CT molecular complexity index is 577. The van der Waals surface area contributed by atoms with Gasteiger partial charge in [-0.3, -0.25) is 9.67 Å². The average molecular weight is 279 g/mol. The quantitative estimate of drug-likeness (QED) is 0.935. The van der Waals surface area contributed by atoms with E-state index in [1.807, 2.05) is 44.9 Å². The smallest absolute Gasteiger partial charge is 0.0847 e. The van der Waals surface area contributed by atoms with Crippen LogP contribution in [0.3, 0.4) is 0 Å². The van der Waals surface area contributed by atoms with Crippen LogP contribution in [0.25, 0.3) is 0 Å². The zero-order valence-corrected chi connectivity index (χ0v) is 12.5. The Balaban J connectivity index is 2.32. The van der Waals surface area contributed by atoms with Crippen molar-refractivity contribution in [1.29, 1.82) is 0 Å². The molecule has 0 spiro atoms. The van der Waals surface area contributed by atoms with E-state index in [-0.39, 0.29) is 6.04 Å². The normalized spacial score (nSPS) is 12.7.